The number of rotatable bonds is 13. The number of esters is 1. The van der Waals surface area contributed by atoms with Crippen LogP contribution < -0.4 is 4.74 Å². The summed E-state index contributed by atoms with van der Waals surface area (Å²) in [6.07, 6.45) is 10.6. The summed E-state index contributed by atoms with van der Waals surface area (Å²) in [5, 5.41) is 19.4. The Hall–Kier alpha value is -3.96. The molecule has 0 aliphatic heterocycles. The molecule has 0 unspecified atom stereocenters. The Labute approximate surface area is 225 Å². The number of nitrogens with zero attached hydrogens (tertiary/aromatic N) is 2. The molecule has 0 atom stereocenters. The van der Waals surface area contributed by atoms with E-state index in [1.165, 1.54) is 30.9 Å². The second kappa shape index (κ2) is 14.7. The molecule has 0 radical (unpaired) electrons. The van der Waals surface area contributed by atoms with E-state index < -0.39 is 11.8 Å². The highest BCUT2D eigenvalue weighted by atomic mass is 19.1. The van der Waals surface area contributed by atoms with Crippen molar-refractivity contribution < 1.29 is 13.9 Å². The van der Waals surface area contributed by atoms with Crippen molar-refractivity contribution in [1.82, 2.24) is 0 Å². The third-order valence-corrected chi connectivity index (χ3v) is 6.77. The van der Waals surface area contributed by atoms with Gasteiger partial charge in [-0.05, 0) is 60.6 Å². The molecule has 5 heteroatoms. The molecule has 0 heterocycles. The summed E-state index contributed by atoms with van der Waals surface area (Å²) in [6.45, 7) is 4.33. The zero-order valence-corrected chi connectivity index (χ0v) is 22.4. The first-order chi connectivity index (χ1) is 18.5. The third-order valence-electron chi connectivity index (χ3n) is 6.77. The predicted molar refractivity (Wildman–Crippen MR) is 148 cm³/mol. The molecule has 3 aromatic carbocycles. The lowest BCUT2D eigenvalue weighted by molar-refractivity contribution is 0.0733. The van der Waals surface area contributed by atoms with Crippen molar-refractivity contribution in [2.24, 2.45) is 0 Å². The number of nitriles is 2. The van der Waals surface area contributed by atoms with Crippen LogP contribution in [0.1, 0.15) is 97.8 Å². The van der Waals surface area contributed by atoms with E-state index in [1.54, 1.807) is 18.2 Å². The number of unbranched alkanes of at least 4 members (excludes halogenated alkanes) is 6. The van der Waals surface area contributed by atoms with Crippen molar-refractivity contribution >= 4 is 5.97 Å². The fourth-order valence-corrected chi connectivity index (χ4v) is 4.54. The summed E-state index contributed by atoms with van der Waals surface area (Å²) in [5.41, 5.74) is 3.41. The fourth-order valence-electron chi connectivity index (χ4n) is 4.54. The van der Waals surface area contributed by atoms with Crippen LogP contribution in [-0.4, -0.2) is 5.97 Å². The molecule has 0 amide bonds. The maximum atomic E-state index is 15.0. The molecule has 0 bridgehead atoms. The number of carbonyl (C=O) groups is 1. The molecule has 0 saturated heterocycles. The molecule has 0 fully saturated rings. The number of hydrogen-bond acceptors (Lipinski definition) is 4. The minimum absolute atomic E-state index is 0.00642. The van der Waals surface area contributed by atoms with Gasteiger partial charge in [-0.3, -0.25) is 0 Å². The normalized spacial score (nSPS) is 10.6. The standard InChI is InChI=1S/C33H35FN2O2/c1-3-5-7-8-10-12-25-18-20-32(30(23-36)29(25)22-35)38-33(37)27-17-19-28(31(34)21-27)26-15-13-24(14-16-26)11-9-6-4-2/h13-21H,3-12H2,1-2H3. The van der Waals surface area contributed by atoms with Crippen LogP contribution in [0, 0.1) is 28.5 Å². The van der Waals surface area contributed by atoms with Gasteiger partial charge in [-0.2, -0.15) is 10.5 Å². The number of carbonyl (C=O) groups excluding carboxylic acids is 1. The molecule has 3 aromatic rings. The average Bonchev–Trinajstić information content (AvgIpc) is 2.93. The highest BCUT2D eigenvalue weighted by Crippen LogP contribution is 2.28. The first kappa shape index (κ1) is 28.6. The van der Waals surface area contributed by atoms with Gasteiger partial charge in [-0.25, -0.2) is 9.18 Å². The van der Waals surface area contributed by atoms with E-state index in [4.69, 9.17) is 4.74 Å². The molecule has 0 N–H and O–H groups in total. The molecular weight excluding hydrogens is 475 g/mol. The van der Waals surface area contributed by atoms with Gasteiger partial charge in [0, 0.05) is 5.56 Å². The van der Waals surface area contributed by atoms with Crippen molar-refractivity contribution in [3.8, 4) is 29.0 Å². The Morgan fingerprint density at radius 2 is 1.45 bits per heavy atom. The van der Waals surface area contributed by atoms with E-state index in [0.29, 0.717) is 12.0 Å². The monoisotopic (exact) mass is 510 g/mol. The van der Waals surface area contributed by atoms with Crippen molar-refractivity contribution in [3.63, 3.8) is 0 Å². The second-order valence-electron chi connectivity index (χ2n) is 9.60. The van der Waals surface area contributed by atoms with Crippen molar-refractivity contribution in [2.45, 2.75) is 78.1 Å². The van der Waals surface area contributed by atoms with Gasteiger partial charge in [0.25, 0.3) is 0 Å². The third kappa shape index (κ3) is 7.53. The second-order valence-corrected chi connectivity index (χ2v) is 9.60. The van der Waals surface area contributed by atoms with E-state index >= 15 is 0 Å². The lowest BCUT2D eigenvalue weighted by atomic mass is 9.97. The minimum Gasteiger partial charge on any atom is -0.421 e. The summed E-state index contributed by atoms with van der Waals surface area (Å²) >= 11 is 0. The molecule has 0 saturated carbocycles. The Morgan fingerprint density at radius 1 is 0.789 bits per heavy atom. The van der Waals surface area contributed by atoms with Gasteiger partial charge in [0.2, 0.25) is 0 Å². The van der Waals surface area contributed by atoms with Gasteiger partial charge in [0.1, 0.15) is 29.3 Å². The van der Waals surface area contributed by atoms with Crippen LogP contribution >= 0.6 is 0 Å². The zero-order valence-electron chi connectivity index (χ0n) is 22.4. The summed E-state index contributed by atoms with van der Waals surface area (Å²) in [4.78, 5) is 12.8. The van der Waals surface area contributed by atoms with Crippen molar-refractivity contribution in [3.05, 3.63) is 88.2 Å². The number of halogens is 1. The average molecular weight is 511 g/mol. The topological polar surface area (TPSA) is 73.9 Å². The molecule has 0 spiro atoms. The zero-order chi connectivity index (χ0) is 27.3. The first-order valence-corrected chi connectivity index (χ1v) is 13.6. The van der Waals surface area contributed by atoms with E-state index in [9.17, 15) is 19.7 Å². The minimum atomic E-state index is -0.783. The van der Waals surface area contributed by atoms with E-state index in [2.05, 4.69) is 19.9 Å². The highest BCUT2D eigenvalue weighted by molar-refractivity contribution is 5.92. The van der Waals surface area contributed by atoms with E-state index in [1.807, 2.05) is 30.3 Å². The summed E-state index contributed by atoms with van der Waals surface area (Å²) in [6, 6.07) is 19.4. The van der Waals surface area contributed by atoms with Crippen LogP contribution in [0.2, 0.25) is 0 Å². The van der Waals surface area contributed by atoms with Crippen LogP contribution in [0.15, 0.2) is 54.6 Å². The van der Waals surface area contributed by atoms with Gasteiger partial charge in [0.05, 0.1) is 11.1 Å². The SMILES string of the molecule is CCCCCCCc1ccc(OC(=O)c2ccc(-c3ccc(CCCCC)cc3)c(F)c2)c(C#N)c1C#N. The van der Waals surface area contributed by atoms with Gasteiger partial charge >= 0.3 is 5.97 Å². The van der Waals surface area contributed by atoms with Gasteiger partial charge < -0.3 is 4.74 Å². The van der Waals surface area contributed by atoms with Crippen molar-refractivity contribution in [1.29, 1.82) is 10.5 Å². The van der Waals surface area contributed by atoms with Crippen LogP contribution in [-0.2, 0) is 12.8 Å². The number of ether oxygens (including phenoxy) is 1. The Balaban J connectivity index is 1.73. The highest BCUT2D eigenvalue weighted by Gasteiger charge is 2.19. The van der Waals surface area contributed by atoms with E-state index in [-0.39, 0.29) is 22.4 Å². The molecule has 196 valence electrons. The van der Waals surface area contributed by atoms with Gasteiger partial charge in [-0.15, -0.1) is 0 Å². The number of aryl methyl sites for hydroxylation is 2. The number of benzene rings is 3. The molecule has 0 aliphatic rings. The molecule has 0 aliphatic carbocycles. The molecule has 38 heavy (non-hydrogen) atoms. The molecule has 3 rings (SSSR count). The van der Waals surface area contributed by atoms with Crippen LogP contribution in [0.3, 0.4) is 0 Å². The molecular formula is C33H35FN2O2. The van der Waals surface area contributed by atoms with Crippen molar-refractivity contribution in [2.75, 3.05) is 0 Å². The Kier molecular flexibility index (Phi) is 11.1. The lowest BCUT2D eigenvalue weighted by Crippen LogP contribution is -2.11. The van der Waals surface area contributed by atoms with Crippen LogP contribution in [0.25, 0.3) is 11.1 Å². The lowest BCUT2D eigenvalue weighted by Gasteiger charge is -2.12. The number of hydrogen-bond donors (Lipinski definition) is 0. The largest absolute Gasteiger partial charge is 0.421 e. The fraction of sp³-hybridized carbons (Fsp3) is 0.364. The van der Waals surface area contributed by atoms with Gasteiger partial charge in [0.15, 0.2) is 0 Å². The maximum absolute atomic E-state index is 15.0. The first-order valence-electron chi connectivity index (χ1n) is 13.6. The van der Waals surface area contributed by atoms with Crippen LogP contribution in [0.5, 0.6) is 5.75 Å². The maximum Gasteiger partial charge on any atom is 0.343 e. The summed E-state index contributed by atoms with van der Waals surface area (Å²) in [5.74, 6) is -1.31. The Morgan fingerprint density at radius 3 is 2.11 bits per heavy atom. The van der Waals surface area contributed by atoms with Crippen LogP contribution in [0.4, 0.5) is 4.39 Å². The van der Waals surface area contributed by atoms with E-state index in [0.717, 1.165) is 55.7 Å². The summed E-state index contributed by atoms with van der Waals surface area (Å²) in [7, 11) is 0. The quantitative estimate of drug-likeness (QED) is 0.131. The smallest absolute Gasteiger partial charge is 0.343 e. The molecule has 0 aromatic heterocycles. The summed E-state index contributed by atoms with van der Waals surface area (Å²) < 4.78 is 20.5. The van der Waals surface area contributed by atoms with Gasteiger partial charge in [-0.1, -0.05) is 88.8 Å². The Bertz CT molecular complexity index is 1320. The predicted octanol–water partition coefficient (Wildman–Crippen LogP) is 8.70. The molecule has 4 nitrogen and oxygen atoms in total.